The Morgan fingerprint density at radius 3 is 2.33 bits per heavy atom. The second-order valence-electron chi connectivity index (χ2n) is 7.56. The molecule has 7 heteroatoms. The Bertz CT molecular complexity index is 609. The smallest absolute Gasteiger partial charge is 0.303 e. The summed E-state index contributed by atoms with van der Waals surface area (Å²) in [4.78, 5) is 34.0. The van der Waals surface area contributed by atoms with E-state index >= 15 is 0 Å². The predicted octanol–water partition coefficient (Wildman–Crippen LogP) is 1.70. The van der Waals surface area contributed by atoms with Gasteiger partial charge in [-0.1, -0.05) is 0 Å². The number of carbonyl (C=O) groups excluding carboxylic acids is 1. The molecule has 2 aliphatic rings. The number of piperidine rings is 1. The van der Waals surface area contributed by atoms with Crippen LogP contribution < -0.4 is 4.90 Å². The van der Waals surface area contributed by atoms with Gasteiger partial charge in [0.25, 0.3) is 0 Å². The molecule has 1 amide bonds. The van der Waals surface area contributed by atoms with Crippen LogP contribution in [0.3, 0.4) is 0 Å². The van der Waals surface area contributed by atoms with Crippen molar-refractivity contribution in [2.75, 3.05) is 50.7 Å². The molecule has 2 fully saturated rings. The summed E-state index contributed by atoms with van der Waals surface area (Å²) in [6, 6.07) is 4.10. The molecule has 1 aromatic heterocycles. The van der Waals surface area contributed by atoms with Crippen LogP contribution in [-0.4, -0.2) is 77.6 Å². The van der Waals surface area contributed by atoms with Crippen LogP contribution in [0.25, 0.3) is 0 Å². The monoisotopic (exact) mass is 374 g/mol. The van der Waals surface area contributed by atoms with E-state index in [1.807, 2.05) is 29.4 Å². The van der Waals surface area contributed by atoms with Crippen LogP contribution in [0.2, 0.25) is 0 Å². The molecule has 2 saturated heterocycles. The van der Waals surface area contributed by atoms with Crippen molar-refractivity contribution in [3.05, 3.63) is 24.5 Å². The van der Waals surface area contributed by atoms with Crippen molar-refractivity contribution < 1.29 is 14.7 Å². The third-order valence-corrected chi connectivity index (χ3v) is 5.70. The van der Waals surface area contributed by atoms with Gasteiger partial charge in [0.1, 0.15) is 0 Å². The van der Waals surface area contributed by atoms with Crippen LogP contribution >= 0.6 is 0 Å². The molecular weight excluding hydrogens is 344 g/mol. The number of hydrogen-bond acceptors (Lipinski definition) is 5. The van der Waals surface area contributed by atoms with E-state index in [2.05, 4.69) is 14.8 Å². The molecule has 2 aliphatic heterocycles. The number of rotatable bonds is 7. The Balaban J connectivity index is 1.30. The first-order valence-electron chi connectivity index (χ1n) is 9.98. The molecule has 0 saturated carbocycles. The van der Waals surface area contributed by atoms with Crippen molar-refractivity contribution in [2.45, 2.75) is 32.1 Å². The van der Waals surface area contributed by atoms with E-state index in [1.165, 1.54) is 5.69 Å². The summed E-state index contributed by atoms with van der Waals surface area (Å²) in [5.74, 6) is -0.286. The molecule has 0 atom stereocenters. The van der Waals surface area contributed by atoms with Gasteiger partial charge in [-0.3, -0.25) is 19.5 Å². The van der Waals surface area contributed by atoms with Crippen LogP contribution in [0.4, 0.5) is 5.69 Å². The number of carboxylic acid groups (broad SMARTS) is 1. The van der Waals surface area contributed by atoms with Crippen LogP contribution in [0.5, 0.6) is 0 Å². The Labute approximate surface area is 161 Å². The number of nitrogens with zero attached hydrogens (tertiary/aromatic N) is 4. The molecule has 1 aromatic rings. The summed E-state index contributed by atoms with van der Waals surface area (Å²) in [6.45, 7) is 6.45. The van der Waals surface area contributed by atoms with E-state index in [9.17, 15) is 9.59 Å². The molecule has 3 rings (SSSR count). The van der Waals surface area contributed by atoms with Crippen molar-refractivity contribution >= 4 is 17.6 Å². The summed E-state index contributed by atoms with van der Waals surface area (Å²) in [5, 5.41) is 8.87. The van der Waals surface area contributed by atoms with Crippen molar-refractivity contribution in [2.24, 2.45) is 5.92 Å². The molecule has 0 radical (unpaired) electrons. The summed E-state index contributed by atoms with van der Waals surface area (Å²) in [6.07, 6.45) is 7.00. The van der Waals surface area contributed by atoms with Crippen molar-refractivity contribution in [1.29, 1.82) is 0 Å². The molecule has 1 N–H and O–H groups in total. The number of piperazine rings is 1. The zero-order valence-electron chi connectivity index (χ0n) is 15.9. The molecule has 0 unspecified atom stereocenters. The minimum absolute atomic E-state index is 0.221. The SMILES string of the molecule is O=C(O)CC1CCN(C(=O)CCCN2CCN(c3ccncc3)CC2)CC1. The van der Waals surface area contributed by atoms with Gasteiger partial charge in [0.15, 0.2) is 0 Å². The van der Waals surface area contributed by atoms with Crippen LogP contribution in [0, 0.1) is 5.92 Å². The molecule has 0 aromatic carbocycles. The van der Waals surface area contributed by atoms with Gasteiger partial charge in [-0.2, -0.15) is 0 Å². The number of carboxylic acids is 1. The van der Waals surface area contributed by atoms with Gasteiger partial charge >= 0.3 is 5.97 Å². The fourth-order valence-electron chi connectivity index (χ4n) is 4.03. The zero-order valence-corrected chi connectivity index (χ0v) is 15.9. The lowest BCUT2D eigenvalue weighted by Gasteiger charge is -2.36. The quantitative estimate of drug-likeness (QED) is 0.783. The van der Waals surface area contributed by atoms with Gasteiger partial charge in [0.2, 0.25) is 5.91 Å². The molecule has 3 heterocycles. The van der Waals surface area contributed by atoms with Crippen molar-refractivity contribution in [3.8, 4) is 0 Å². The number of likely N-dealkylation sites (tertiary alicyclic amines) is 1. The van der Waals surface area contributed by atoms with Gasteiger partial charge in [0, 0.05) is 70.2 Å². The van der Waals surface area contributed by atoms with Gasteiger partial charge in [0.05, 0.1) is 0 Å². The van der Waals surface area contributed by atoms with E-state index < -0.39 is 5.97 Å². The van der Waals surface area contributed by atoms with E-state index in [0.717, 1.165) is 52.0 Å². The highest BCUT2D eigenvalue weighted by atomic mass is 16.4. The number of carbonyl (C=O) groups is 2. The highest BCUT2D eigenvalue weighted by Gasteiger charge is 2.24. The normalized spacial score (nSPS) is 19.3. The van der Waals surface area contributed by atoms with Gasteiger partial charge in [-0.25, -0.2) is 0 Å². The maximum atomic E-state index is 12.4. The fourth-order valence-corrected chi connectivity index (χ4v) is 4.03. The van der Waals surface area contributed by atoms with E-state index in [0.29, 0.717) is 19.5 Å². The molecule has 7 nitrogen and oxygen atoms in total. The minimum Gasteiger partial charge on any atom is -0.481 e. The molecule has 148 valence electrons. The Hall–Kier alpha value is -2.15. The second kappa shape index (κ2) is 9.69. The number of aliphatic carboxylic acids is 1. The van der Waals surface area contributed by atoms with E-state index in [4.69, 9.17) is 5.11 Å². The van der Waals surface area contributed by atoms with Crippen LogP contribution in [-0.2, 0) is 9.59 Å². The first-order chi connectivity index (χ1) is 13.1. The first-order valence-corrected chi connectivity index (χ1v) is 9.98. The summed E-state index contributed by atoms with van der Waals surface area (Å²) < 4.78 is 0. The van der Waals surface area contributed by atoms with Gasteiger partial charge in [-0.15, -0.1) is 0 Å². The van der Waals surface area contributed by atoms with E-state index in [1.54, 1.807) is 0 Å². The highest BCUT2D eigenvalue weighted by Crippen LogP contribution is 2.21. The zero-order chi connectivity index (χ0) is 19.1. The molecule has 27 heavy (non-hydrogen) atoms. The maximum Gasteiger partial charge on any atom is 0.303 e. The third kappa shape index (κ3) is 5.92. The number of amides is 1. The summed E-state index contributed by atoms with van der Waals surface area (Å²) >= 11 is 0. The molecule has 0 spiro atoms. The number of anilines is 1. The van der Waals surface area contributed by atoms with Crippen LogP contribution in [0.1, 0.15) is 32.1 Å². The average molecular weight is 374 g/mol. The van der Waals surface area contributed by atoms with Crippen LogP contribution in [0.15, 0.2) is 24.5 Å². The van der Waals surface area contributed by atoms with E-state index in [-0.39, 0.29) is 18.2 Å². The lowest BCUT2D eigenvalue weighted by atomic mass is 9.93. The topological polar surface area (TPSA) is 77.0 Å². The summed E-state index contributed by atoms with van der Waals surface area (Å²) in [7, 11) is 0. The second-order valence-corrected chi connectivity index (χ2v) is 7.56. The highest BCUT2D eigenvalue weighted by molar-refractivity contribution is 5.76. The Kier molecular flexibility index (Phi) is 7.04. The van der Waals surface area contributed by atoms with Crippen molar-refractivity contribution in [1.82, 2.24) is 14.8 Å². The van der Waals surface area contributed by atoms with Gasteiger partial charge < -0.3 is 14.9 Å². The Morgan fingerprint density at radius 2 is 1.70 bits per heavy atom. The molecule has 0 bridgehead atoms. The standard InChI is InChI=1S/C20H30N4O3/c25-19(24-10-5-17(6-11-24)16-20(26)27)2-1-9-22-12-14-23(15-13-22)18-3-7-21-8-4-18/h3-4,7-8,17H,1-2,5-6,9-16H2,(H,26,27). The maximum absolute atomic E-state index is 12.4. The third-order valence-electron chi connectivity index (χ3n) is 5.70. The number of hydrogen-bond donors (Lipinski definition) is 1. The fraction of sp³-hybridized carbons (Fsp3) is 0.650. The molecule has 0 aliphatic carbocycles. The predicted molar refractivity (Wildman–Crippen MR) is 104 cm³/mol. The van der Waals surface area contributed by atoms with Gasteiger partial charge in [-0.05, 0) is 43.9 Å². The summed E-state index contributed by atoms with van der Waals surface area (Å²) in [5.41, 5.74) is 1.23. The number of pyridine rings is 1. The Morgan fingerprint density at radius 1 is 1.04 bits per heavy atom. The lowest BCUT2D eigenvalue weighted by molar-refractivity contribution is -0.138. The average Bonchev–Trinajstić information content (AvgIpc) is 2.69. The minimum atomic E-state index is -0.733. The lowest BCUT2D eigenvalue weighted by Crippen LogP contribution is -2.46. The van der Waals surface area contributed by atoms with Crippen molar-refractivity contribution in [3.63, 3.8) is 0 Å². The number of aromatic nitrogens is 1. The largest absolute Gasteiger partial charge is 0.481 e. The molecular formula is C20H30N4O3. The first kappa shape index (κ1) is 19.6.